The van der Waals surface area contributed by atoms with Crippen LogP contribution in [0.1, 0.15) is 12.5 Å². The predicted octanol–water partition coefficient (Wildman–Crippen LogP) is 2.72. The number of sulfone groups is 1. The van der Waals surface area contributed by atoms with E-state index >= 15 is 0 Å². The normalized spacial score (nSPS) is 12.4. The first kappa shape index (κ1) is 13.3. The van der Waals surface area contributed by atoms with Crippen LogP contribution in [0, 0.1) is 0 Å². The summed E-state index contributed by atoms with van der Waals surface area (Å²) in [5.41, 5.74) is 0.656. The zero-order valence-electron chi connectivity index (χ0n) is 10.3. The molecule has 2 aromatic rings. The lowest BCUT2D eigenvalue weighted by atomic mass is 10.1. The maximum Gasteiger partial charge on any atom is 0.207 e. The molecule has 2 rings (SSSR count). The second-order valence-corrected chi connectivity index (χ2v) is 5.92. The van der Waals surface area contributed by atoms with Crippen molar-refractivity contribution >= 4 is 15.5 Å². The standard InChI is InChI=1S/C14H13NO3S/c1-11(15-16)13-9-5-6-10-14(13)19(17,18)12-7-3-2-4-8-12/h2-10,16H,1H3. The molecule has 19 heavy (non-hydrogen) atoms. The highest BCUT2D eigenvalue weighted by molar-refractivity contribution is 7.91. The van der Waals surface area contributed by atoms with Crippen molar-refractivity contribution in [2.45, 2.75) is 16.7 Å². The van der Waals surface area contributed by atoms with E-state index in [1.807, 2.05) is 0 Å². The molecule has 0 aromatic heterocycles. The monoisotopic (exact) mass is 275 g/mol. The maximum absolute atomic E-state index is 12.5. The Labute approximate surface area is 111 Å². The summed E-state index contributed by atoms with van der Waals surface area (Å²) in [5.74, 6) is 0. The van der Waals surface area contributed by atoms with Crippen molar-refractivity contribution in [2.24, 2.45) is 5.16 Å². The summed E-state index contributed by atoms with van der Waals surface area (Å²) in [5, 5.41) is 11.9. The lowest BCUT2D eigenvalue weighted by molar-refractivity contribution is 0.319. The minimum absolute atomic E-state index is 0.136. The van der Waals surface area contributed by atoms with Crippen LogP contribution in [0.4, 0.5) is 0 Å². The fourth-order valence-electron chi connectivity index (χ4n) is 1.78. The zero-order chi connectivity index (χ0) is 13.9. The molecular formula is C14H13NO3S. The number of nitrogens with zero attached hydrogens (tertiary/aromatic N) is 1. The van der Waals surface area contributed by atoms with Crippen molar-refractivity contribution in [2.75, 3.05) is 0 Å². The van der Waals surface area contributed by atoms with E-state index in [0.717, 1.165) is 0 Å². The molecule has 0 spiro atoms. The van der Waals surface area contributed by atoms with Crippen LogP contribution in [0.3, 0.4) is 0 Å². The molecule has 5 heteroatoms. The molecule has 0 fully saturated rings. The summed E-state index contributed by atoms with van der Waals surface area (Å²) in [6, 6.07) is 14.6. The molecule has 0 unspecified atom stereocenters. The molecule has 0 heterocycles. The molecule has 0 amide bonds. The van der Waals surface area contributed by atoms with Crippen LogP contribution < -0.4 is 0 Å². The van der Waals surface area contributed by atoms with Gasteiger partial charge in [0.1, 0.15) is 0 Å². The third kappa shape index (κ3) is 2.51. The van der Waals surface area contributed by atoms with Crippen molar-refractivity contribution < 1.29 is 13.6 Å². The molecule has 0 radical (unpaired) electrons. The van der Waals surface area contributed by atoms with Crippen LogP contribution >= 0.6 is 0 Å². The first-order chi connectivity index (χ1) is 9.07. The van der Waals surface area contributed by atoms with Crippen LogP contribution in [0.15, 0.2) is 69.5 Å². The van der Waals surface area contributed by atoms with Gasteiger partial charge in [0, 0.05) is 5.56 Å². The van der Waals surface area contributed by atoms with Crippen molar-refractivity contribution in [1.29, 1.82) is 0 Å². The maximum atomic E-state index is 12.5. The Bertz CT molecular complexity index is 706. The Morgan fingerprint density at radius 3 is 2.21 bits per heavy atom. The van der Waals surface area contributed by atoms with Gasteiger partial charge < -0.3 is 5.21 Å². The third-order valence-electron chi connectivity index (χ3n) is 2.77. The van der Waals surface area contributed by atoms with Crippen LogP contribution in [-0.2, 0) is 9.84 Å². The van der Waals surface area contributed by atoms with E-state index in [-0.39, 0.29) is 15.5 Å². The molecule has 2 aromatic carbocycles. The average molecular weight is 275 g/mol. The second kappa shape index (κ2) is 5.24. The lowest BCUT2D eigenvalue weighted by Crippen LogP contribution is -2.08. The van der Waals surface area contributed by atoms with Gasteiger partial charge in [0.25, 0.3) is 0 Å². The topological polar surface area (TPSA) is 66.7 Å². The molecule has 0 bridgehead atoms. The Morgan fingerprint density at radius 1 is 1.00 bits per heavy atom. The zero-order valence-corrected chi connectivity index (χ0v) is 11.1. The minimum atomic E-state index is -3.62. The largest absolute Gasteiger partial charge is 0.411 e. The van der Waals surface area contributed by atoms with Crippen LogP contribution in [0.25, 0.3) is 0 Å². The molecule has 0 saturated heterocycles. The number of benzene rings is 2. The fourth-order valence-corrected chi connectivity index (χ4v) is 3.31. The minimum Gasteiger partial charge on any atom is -0.411 e. The molecule has 4 nitrogen and oxygen atoms in total. The van der Waals surface area contributed by atoms with E-state index in [9.17, 15) is 8.42 Å². The van der Waals surface area contributed by atoms with Gasteiger partial charge in [0.05, 0.1) is 15.5 Å². The predicted molar refractivity (Wildman–Crippen MR) is 72.3 cm³/mol. The Hall–Kier alpha value is -2.14. The number of oxime groups is 1. The number of hydrogen-bond donors (Lipinski definition) is 1. The highest BCUT2D eigenvalue weighted by Crippen LogP contribution is 2.24. The number of hydrogen-bond acceptors (Lipinski definition) is 4. The molecular weight excluding hydrogens is 262 g/mol. The molecule has 0 aliphatic heterocycles. The summed E-state index contributed by atoms with van der Waals surface area (Å²) in [4.78, 5) is 0.352. The summed E-state index contributed by atoms with van der Waals surface area (Å²) < 4.78 is 25.1. The molecule has 0 aliphatic carbocycles. The van der Waals surface area contributed by atoms with E-state index < -0.39 is 9.84 Å². The van der Waals surface area contributed by atoms with Gasteiger partial charge in [0.2, 0.25) is 9.84 Å². The fraction of sp³-hybridized carbons (Fsp3) is 0.0714. The van der Waals surface area contributed by atoms with Gasteiger partial charge in [-0.3, -0.25) is 0 Å². The van der Waals surface area contributed by atoms with Crippen molar-refractivity contribution in [3.8, 4) is 0 Å². The smallest absolute Gasteiger partial charge is 0.207 e. The Balaban J connectivity index is 2.66. The third-order valence-corrected chi connectivity index (χ3v) is 4.60. The van der Waals surface area contributed by atoms with Gasteiger partial charge in [-0.2, -0.15) is 0 Å². The van der Waals surface area contributed by atoms with Crippen LogP contribution in [0.5, 0.6) is 0 Å². The SMILES string of the molecule is CC(=NO)c1ccccc1S(=O)(=O)c1ccccc1. The van der Waals surface area contributed by atoms with Gasteiger partial charge >= 0.3 is 0 Å². The van der Waals surface area contributed by atoms with Gasteiger partial charge in [-0.05, 0) is 25.1 Å². The van der Waals surface area contributed by atoms with E-state index in [1.165, 1.54) is 18.2 Å². The summed E-state index contributed by atoms with van der Waals surface area (Å²) in [6.45, 7) is 1.55. The van der Waals surface area contributed by atoms with E-state index in [4.69, 9.17) is 5.21 Å². The van der Waals surface area contributed by atoms with Gasteiger partial charge in [-0.15, -0.1) is 0 Å². The van der Waals surface area contributed by atoms with Crippen molar-refractivity contribution in [3.05, 3.63) is 60.2 Å². The molecule has 0 aliphatic rings. The van der Waals surface area contributed by atoms with Crippen molar-refractivity contribution in [1.82, 2.24) is 0 Å². The average Bonchev–Trinajstić information content (AvgIpc) is 2.47. The van der Waals surface area contributed by atoms with Crippen LogP contribution in [-0.4, -0.2) is 19.3 Å². The highest BCUT2D eigenvalue weighted by atomic mass is 32.2. The summed E-state index contributed by atoms with van der Waals surface area (Å²) in [6.07, 6.45) is 0. The van der Waals surface area contributed by atoms with Gasteiger partial charge in [0.15, 0.2) is 0 Å². The highest BCUT2D eigenvalue weighted by Gasteiger charge is 2.21. The quantitative estimate of drug-likeness (QED) is 0.532. The summed E-state index contributed by atoms with van der Waals surface area (Å²) >= 11 is 0. The van der Waals surface area contributed by atoms with E-state index in [2.05, 4.69) is 5.16 Å². The van der Waals surface area contributed by atoms with E-state index in [0.29, 0.717) is 5.56 Å². The Morgan fingerprint density at radius 2 is 1.58 bits per heavy atom. The molecule has 1 N–H and O–H groups in total. The molecule has 0 atom stereocenters. The van der Waals surface area contributed by atoms with E-state index in [1.54, 1.807) is 43.3 Å². The van der Waals surface area contributed by atoms with Crippen molar-refractivity contribution in [3.63, 3.8) is 0 Å². The first-order valence-electron chi connectivity index (χ1n) is 5.65. The van der Waals surface area contributed by atoms with Crippen LogP contribution in [0.2, 0.25) is 0 Å². The summed E-state index contributed by atoms with van der Waals surface area (Å²) in [7, 11) is -3.62. The molecule has 0 saturated carbocycles. The first-order valence-corrected chi connectivity index (χ1v) is 7.14. The lowest BCUT2D eigenvalue weighted by Gasteiger charge is -2.09. The second-order valence-electron chi connectivity index (χ2n) is 4.00. The molecule has 98 valence electrons. The number of rotatable bonds is 3. The van der Waals surface area contributed by atoms with Gasteiger partial charge in [-0.1, -0.05) is 41.6 Å². The Kier molecular flexibility index (Phi) is 3.66. The van der Waals surface area contributed by atoms with Gasteiger partial charge in [-0.25, -0.2) is 8.42 Å².